The summed E-state index contributed by atoms with van der Waals surface area (Å²) in [4.78, 5) is 18.1. The van der Waals surface area contributed by atoms with E-state index in [9.17, 15) is 4.79 Å². The zero-order valence-electron chi connectivity index (χ0n) is 15.6. The number of rotatable bonds is 8. The van der Waals surface area contributed by atoms with Crippen LogP contribution in [-0.4, -0.2) is 46.2 Å². The summed E-state index contributed by atoms with van der Waals surface area (Å²) in [6.45, 7) is 2.97. The number of methoxy groups -OCH3 is 1. The Balaban J connectivity index is 1.61. The number of nitrogens with one attached hydrogen (secondary N) is 1. The Hall–Kier alpha value is -2.97. The topological polar surface area (TPSA) is 91.2 Å². The number of ether oxygens (including phenoxy) is 2. The zero-order valence-corrected chi connectivity index (χ0v) is 16.3. The number of carbonyl (C=O) groups excluding carboxylic acids is 1. The maximum Gasteiger partial charge on any atom is 0.274 e. The van der Waals surface area contributed by atoms with Crippen LogP contribution in [-0.2, 0) is 11.3 Å². The van der Waals surface area contributed by atoms with Crippen molar-refractivity contribution in [1.82, 2.24) is 25.3 Å². The molecular formula is C19H20ClN5O3. The van der Waals surface area contributed by atoms with Crippen LogP contribution >= 0.6 is 11.6 Å². The molecule has 0 bridgehead atoms. The SMILES string of the molecule is COCCOc1ccc(CNC(=O)c2nn(-c3cccc(Cl)c3)nc2C)cn1. The first-order chi connectivity index (χ1) is 13.6. The fraction of sp³-hybridized carbons (Fsp3) is 0.263. The van der Waals surface area contributed by atoms with E-state index < -0.39 is 0 Å². The van der Waals surface area contributed by atoms with Gasteiger partial charge < -0.3 is 14.8 Å². The van der Waals surface area contributed by atoms with Gasteiger partial charge in [0.2, 0.25) is 5.88 Å². The van der Waals surface area contributed by atoms with Crippen molar-refractivity contribution in [3.05, 3.63) is 64.6 Å². The molecule has 0 saturated heterocycles. The lowest BCUT2D eigenvalue weighted by Crippen LogP contribution is -2.24. The summed E-state index contributed by atoms with van der Waals surface area (Å²) in [5.74, 6) is 0.193. The van der Waals surface area contributed by atoms with Crippen LogP contribution in [0, 0.1) is 6.92 Å². The normalized spacial score (nSPS) is 10.7. The first-order valence-electron chi connectivity index (χ1n) is 8.61. The van der Waals surface area contributed by atoms with Gasteiger partial charge in [-0.2, -0.15) is 9.90 Å². The van der Waals surface area contributed by atoms with Gasteiger partial charge >= 0.3 is 0 Å². The zero-order chi connectivity index (χ0) is 19.9. The van der Waals surface area contributed by atoms with Crippen molar-refractivity contribution in [2.45, 2.75) is 13.5 Å². The molecule has 9 heteroatoms. The molecule has 8 nitrogen and oxygen atoms in total. The van der Waals surface area contributed by atoms with Gasteiger partial charge in [-0.25, -0.2) is 4.98 Å². The minimum atomic E-state index is -0.314. The second-order valence-electron chi connectivity index (χ2n) is 5.93. The number of aryl methyl sites for hydroxylation is 1. The highest BCUT2D eigenvalue weighted by Gasteiger charge is 2.16. The van der Waals surface area contributed by atoms with Crippen LogP contribution in [0.3, 0.4) is 0 Å². The third kappa shape index (κ3) is 5.05. The van der Waals surface area contributed by atoms with Crippen LogP contribution in [0.4, 0.5) is 0 Å². The van der Waals surface area contributed by atoms with Crippen LogP contribution in [0.25, 0.3) is 5.69 Å². The minimum absolute atomic E-state index is 0.257. The number of amides is 1. The van der Waals surface area contributed by atoms with Gasteiger partial charge in [-0.05, 0) is 30.7 Å². The predicted octanol–water partition coefficient (Wildman–Crippen LogP) is 2.58. The van der Waals surface area contributed by atoms with Gasteiger partial charge in [0.05, 0.1) is 18.0 Å². The largest absolute Gasteiger partial charge is 0.475 e. The molecule has 1 N–H and O–H groups in total. The molecular weight excluding hydrogens is 382 g/mol. The van der Waals surface area contributed by atoms with Gasteiger partial charge in [0.25, 0.3) is 5.91 Å². The van der Waals surface area contributed by atoms with Crippen LogP contribution in [0.15, 0.2) is 42.6 Å². The summed E-state index contributed by atoms with van der Waals surface area (Å²) in [5, 5.41) is 12.0. The average molecular weight is 402 g/mol. The second kappa shape index (κ2) is 9.29. The Labute approximate surface area is 167 Å². The maximum atomic E-state index is 12.5. The highest BCUT2D eigenvalue weighted by molar-refractivity contribution is 6.30. The van der Waals surface area contributed by atoms with Gasteiger partial charge in [0.15, 0.2) is 5.69 Å². The molecule has 28 heavy (non-hydrogen) atoms. The molecule has 3 rings (SSSR count). The number of pyridine rings is 1. The molecule has 3 aromatic rings. The number of hydrogen-bond acceptors (Lipinski definition) is 6. The van der Waals surface area contributed by atoms with Crippen molar-refractivity contribution in [1.29, 1.82) is 0 Å². The number of aromatic nitrogens is 4. The first-order valence-corrected chi connectivity index (χ1v) is 8.99. The Kier molecular flexibility index (Phi) is 6.57. The summed E-state index contributed by atoms with van der Waals surface area (Å²) in [7, 11) is 1.61. The Morgan fingerprint density at radius 3 is 2.79 bits per heavy atom. The summed E-state index contributed by atoms with van der Waals surface area (Å²) in [6.07, 6.45) is 1.65. The van der Waals surface area contributed by atoms with Gasteiger partial charge in [-0.15, -0.1) is 5.10 Å². The standard InChI is InChI=1S/C19H20ClN5O3/c1-13-18(24-25(23-13)16-5-3-4-15(20)10-16)19(26)22-12-14-6-7-17(21-11-14)28-9-8-27-2/h3-7,10-11H,8-9,12H2,1-2H3,(H,22,26). The third-order valence-electron chi connectivity index (χ3n) is 3.82. The summed E-state index contributed by atoms with van der Waals surface area (Å²) in [6, 6.07) is 10.7. The van der Waals surface area contributed by atoms with Gasteiger partial charge in [0.1, 0.15) is 6.61 Å². The van der Waals surface area contributed by atoms with Crippen molar-refractivity contribution in [3.63, 3.8) is 0 Å². The van der Waals surface area contributed by atoms with E-state index in [1.54, 1.807) is 44.5 Å². The lowest BCUT2D eigenvalue weighted by atomic mass is 10.2. The average Bonchev–Trinajstić information content (AvgIpc) is 3.09. The summed E-state index contributed by atoms with van der Waals surface area (Å²) < 4.78 is 10.3. The number of hydrogen-bond donors (Lipinski definition) is 1. The number of carbonyl (C=O) groups is 1. The molecule has 1 aromatic carbocycles. The molecule has 2 aromatic heterocycles. The van der Waals surface area contributed by atoms with E-state index in [1.807, 2.05) is 12.1 Å². The lowest BCUT2D eigenvalue weighted by Gasteiger charge is -2.06. The molecule has 0 aliphatic rings. The molecule has 146 valence electrons. The Morgan fingerprint density at radius 1 is 1.21 bits per heavy atom. The Morgan fingerprint density at radius 2 is 2.07 bits per heavy atom. The van der Waals surface area contributed by atoms with Crippen molar-refractivity contribution in [2.75, 3.05) is 20.3 Å². The van der Waals surface area contributed by atoms with Crippen LogP contribution < -0.4 is 10.1 Å². The highest BCUT2D eigenvalue weighted by atomic mass is 35.5. The van der Waals surface area contributed by atoms with Crippen LogP contribution in [0.5, 0.6) is 5.88 Å². The van der Waals surface area contributed by atoms with E-state index in [2.05, 4.69) is 20.5 Å². The molecule has 0 saturated carbocycles. The van der Waals surface area contributed by atoms with E-state index in [1.165, 1.54) is 4.80 Å². The fourth-order valence-electron chi connectivity index (χ4n) is 2.40. The van der Waals surface area contributed by atoms with Crippen molar-refractivity contribution in [3.8, 4) is 11.6 Å². The molecule has 0 unspecified atom stereocenters. The monoisotopic (exact) mass is 401 g/mol. The van der Waals surface area contributed by atoms with Crippen LogP contribution in [0.1, 0.15) is 21.7 Å². The summed E-state index contributed by atoms with van der Waals surface area (Å²) in [5.41, 5.74) is 2.31. The van der Waals surface area contributed by atoms with Crippen molar-refractivity contribution < 1.29 is 14.3 Å². The van der Waals surface area contributed by atoms with E-state index in [0.29, 0.717) is 42.0 Å². The summed E-state index contributed by atoms with van der Waals surface area (Å²) >= 11 is 6.00. The minimum Gasteiger partial charge on any atom is -0.475 e. The molecule has 0 spiro atoms. The Bertz CT molecular complexity index is 943. The molecule has 0 aliphatic carbocycles. The predicted molar refractivity (Wildman–Crippen MR) is 104 cm³/mol. The smallest absolute Gasteiger partial charge is 0.274 e. The van der Waals surface area contributed by atoms with Gasteiger partial charge in [0, 0.05) is 30.9 Å². The van der Waals surface area contributed by atoms with E-state index in [-0.39, 0.29) is 11.6 Å². The molecule has 0 aliphatic heterocycles. The van der Waals surface area contributed by atoms with Gasteiger partial charge in [-0.3, -0.25) is 4.79 Å². The quantitative estimate of drug-likeness (QED) is 0.583. The molecule has 0 radical (unpaired) electrons. The highest BCUT2D eigenvalue weighted by Crippen LogP contribution is 2.14. The van der Waals surface area contributed by atoms with E-state index in [4.69, 9.17) is 21.1 Å². The number of halogens is 1. The van der Waals surface area contributed by atoms with E-state index in [0.717, 1.165) is 5.56 Å². The molecule has 2 heterocycles. The van der Waals surface area contributed by atoms with Crippen molar-refractivity contribution in [2.24, 2.45) is 0 Å². The second-order valence-corrected chi connectivity index (χ2v) is 6.37. The molecule has 1 amide bonds. The molecule has 0 fully saturated rings. The lowest BCUT2D eigenvalue weighted by molar-refractivity contribution is 0.0945. The van der Waals surface area contributed by atoms with Crippen LogP contribution in [0.2, 0.25) is 5.02 Å². The maximum absolute atomic E-state index is 12.5. The fourth-order valence-corrected chi connectivity index (χ4v) is 2.59. The third-order valence-corrected chi connectivity index (χ3v) is 4.06. The van der Waals surface area contributed by atoms with E-state index >= 15 is 0 Å². The number of benzene rings is 1. The number of nitrogens with zero attached hydrogens (tertiary/aromatic N) is 4. The molecule has 0 atom stereocenters. The van der Waals surface area contributed by atoms with Gasteiger partial charge in [-0.1, -0.05) is 23.7 Å². The van der Waals surface area contributed by atoms with Crippen molar-refractivity contribution >= 4 is 17.5 Å². The first kappa shape index (κ1) is 19.8.